The molecule has 2 aromatic rings. The van der Waals surface area contributed by atoms with E-state index >= 15 is 0 Å². The normalized spacial score (nSPS) is 10.3. The molecule has 104 valence electrons. The van der Waals surface area contributed by atoms with Crippen LogP contribution in [0.3, 0.4) is 0 Å². The highest BCUT2D eigenvalue weighted by Gasteiger charge is 2.13. The molecule has 0 aliphatic carbocycles. The minimum atomic E-state index is -0.733. The van der Waals surface area contributed by atoms with Gasteiger partial charge in [0.2, 0.25) is 0 Å². The zero-order chi connectivity index (χ0) is 14.7. The number of carbonyl (C=O) groups excluding carboxylic acids is 1. The number of nitrogens with one attached hydrogen (secondary N) is 1. The largest absolute Gasteiger partial charge is 0.462 e. The van der Waals surface area contributed by atoms with Gasteiger partial charge in [-0.2, -0.15) is 0 Å². The second-order valence-corrected chi connectivity index (χ2v) is 4.16. The highest BCUT2D eigenvalue weighted by molar-refractivity contribution is 5.88. The van der Waals surface area contributed by atoms with E-state index in [1.165, 1.54) is 6.07 Å². The van der Waals surface area contributed by atoms with E-state index in [1.54, 1.807) is 26.0 Å². The van der Waals surface area contributed by atoms with Crippen LogP contribution in [0.2, 0.25) is 0 Å². The number of nitrogens with zero attached hydrogens (tertiary/aromatic N) is 1. The van der Waals surface area contributed by atoms with E-state index in [4.69, 9.17) is 4.74 Å². The van der Waals surface area contributed by atoms with Gasteiger partial charge in [0.05, 0.1) is 6.61 Å². The van der Waals surface area contributed by atoms with Gasteiger partial charge in [-0.25, -0.2) is 14.2 Å². The predicted octanol–water partition coefficient (Wildman–Crippen LogP) is 2.06. The second-order valence-electron chi connectivity index (χ2n) is 4.16. The number of aryl methyl sites for hydroxylation is 1. The van der Waals surface area contributed by atoms with Gasteiger partial charge in [0.15, 0.2) is 0 Å². The summed E-state index contributed by atoms with van der Waals surface area (Å²) in [6.45, 7) is 3.45. The summed E-state index contributed by atoms with van der Waals surface area (Å²) in [4.78, 5) is 29.7. The third-order valence-corrected chi connectivity index (χ3v) is 2.74. The first-order valence-corrected chi connectivity index (χ1v) is 6.06. The molecule has 0 atom stereocenters. The van der Waals surface area contributed by atoms with Crippen LogP contribution in [0.4, 0.5) is 4.39 Å². The molecule has 0 amide bonds. The van der Waals surface area contributed by atoms with Crippen molar-refractivity contribution >= 4 is 5.97 Å². The van der Waals surface area contributed by atoms with E-state index in [9.17, 15) is 14.0 Å². The van der Waals surface area contributed by atoms with Crippen molar-refractivity contribution in [2.45, 2.75) is 13.8 Å². The zero-order valence-corrected chi connectivity index (χ0v) is 11.1. The summed E-state index contributed by atoms with van der Waals surface area (Å²) in [6.07, 6.45) is 1.13. The molecule has 0 unspecified atom stereocenters. The molecule has 2 rings (SSSR count). The van der Waals surface area contributed by atoms with Crippen molar-refractivity contribution in [3.8, 4) is 11.4 Å². The minimum Gasteiger partial charge on any atom is -0.462 e. The van der Waals surface area contributed by atoms with Gasteiger partial charge in [0.25, 0.3) is 5.56 Å². The van der Waals surface area contributed by atoms with Crippen LogP contribution in [0.1, 0.15) is 22.8 Å². The highest BCUT2D eigenvalue weighted by Crippen LogP contribution is 2.17. The molecule has 6 heteroatoms. The number of hydrogen-bond donors (Lipinski definition) is 1. The number of H-pyrrole nitrogens is 1. The van der Waals surface area contributed by atoms with Crippen molar-refractivity contribution in [3.63, 3.8) is 0 Å². The van der Waals surface area contributed by atoms with Gasteiger partial charge in [0, 0.05) is 11.8 Å². The summed E-state index contributed by atoms with van der Waals surface area (Å²) in [6, 6.07) is 4.50. The Balaban J connectivity index is 2.40. The van der Waals surface area contributed by atoms with Gasteiger partial charge in [-0.1, -0.05) is 12.1 Å². The molecule has 0 saturated carbocycles. The van der Waals surface area contributed by atoms with Crippen LogP contribution in [-0.2, 0) is 4.74 Å². The smallest absolute Gasteiger partial charge is 0.345 e. The molecule has 1 aromatic carbocycles. The first-order chi connectivity index (χ1) is 9.52. The number of rotatable bonds is 3. The molecule has 0 radical (unpaired) electrons. The lowest BCUT2D eigenvalue weighted by molar-refractivity contribution is 0.0524. The Bertz CT molecular complexity index is 710. The van der Waals surface area contributed by atoms with E-state index in [0.29, 0.717) is 11.1 Å². The summed E-state index contributed by atoms with van der Waals surface area (Å²) in [5.74, 6) is -0.926. The predicted molar refractivity (Wildman–Crippen MR) is 70.9 cm³/mol. The Kier molecular flexibility index (Phi) is 3.93. The third-order valence-electron chi connectivity index (χ3n) is 2.74. The number of carbonyl (C=O) groups is 1. The quantitative estimate of drug-likeness (QED) is 0.871. The van der Waals surface area contributed by atoms with Crippen molar-refractivity contribution in [1.82, 2.24) is 9.97 Å². The lowest BCUT2D eigenvalue weighted by atomic mass is 10.1. The Morgan fingerprint density at radius 3 is 2.80 bits per heavy atom. The molecule has 0 fully saturated rings. The van der Waals surface area contributed by atoms with Gasteiger partial charge in [-0.15, -0.1) is 0 Å². The number of hydrogen-bond acceptors (Lipinski definition) is 4. The van der Waals surface area contributed by atoms with Crippen molar-refractivity contribution in [2.75, 3.05) is 6.61 Å². The van der Waals surface area contributed by atoms with Crippen molar-refractivity contribution < 1.29 is 13.9 Å². The van der Waals surface area contributed by atoms with Crippen molar-refractivity contribution in [2.24, 2.45) is 0 Å². The third kappa shape index (κ3) is 2.74. The Labute approximate surface area is 114 Å². The number of ether oxygens (including phenoxy) is 1. The van der Waals surface area contributed by atoms with Gasteiger partial charge in [-0.05, 0) is 25.5 Å². The second kappa shape index (κ2) is 5.64. The average molecular weight is 276 g/mol. The molecular formula is C14H13FN2O3. The lowest BCUT2D eigenvalue weighted by Crippen LogP contribution is -2.21. The minimum absolute atomic E-state index is 0.170. The SMILES string of the molecule is CCOC(=O)c1cnc(-c2ccc(C)c(F)c2)[nH]c1=O. The number of benzene rings is 1. The van der Waals surface area contributed by atoms with Crippen LogP contribution < -0.4 is 5.56 Å². The van der Waals surface area contributed by atoms with Crippen LogP contribution in [-0.4, -0.2) is 22.5 Å². The fraction of sp³-hybridized carbons (Fsp3) is 0.214. The molecule has 0 bridgehead atoms. The first-order valence-electron chi connectivity index (χ1n) is 6.06. The monoisotopic (exact) mass is 276 g/mol. The van der Waals surface area contributed by atoms with E-state index in [0.717, 1.165) is 6.20 Å². The standard InChI is InChI=1S/C14H13FN2O3/c1-3-20-14(19)10-7-16-12(17-13(10)18)9-5-4-8(2)11(15)6-9/h4-7H,3H2,1-2H3,(H,16,17,18). The molecule has 1 N–H and O–H groups in total. The molecule has 1 aromatic heterocycles. The van der Waals surface area contributed by atoms with Gasteiger partial charge < -0.3 is 9.72 Å². The van der Waals surface area contributed by atoms with E-state index in [-0.39, 0.29) is 23.8 Å². The van der Waals surface area contributed by atoms with E-state index in [1.807, 2.05) is 0 Å². The van der Waals surface area contributed by atoms with Gasteiger partial charge >= 0.3 is 5.97 Å². The van der Waals surface area contributed by atoms with Crippen LogP contribution in [0, 0.1) is 12.7 Å². The molecule has 5 nitrogen and oxygen atoms in total. The summed E-state index contributed by atoms with van der Waals surface area (Å²) in [7, 11) is 0. The van der Waals surface area contributed by atoms with Crippen molar-refractivity contribution in [3.05, 3.63) is 51.7 Å². The first kappa shape index (κ1) is 13.9. The maximum Gasteiger partial charge on any atom is 0.345 e. The Morgan fingerprint density at radius 1 is 1.45 bits per heavy atom. The maximum atomic E-state index is 13.5. The fourth-order valence-corrected chi connectivity index (χ4v) is 1.64. The molecule has 20 heavy (non-hydrogen) atoms. The highest BCUT2D eigenvalue weighted by atomic mass is 19.1. The molecule has 0 spiro atoms. The molecular weight excluding hydrogens is 263 g/mol. The fourth-order valence-electron chi connectivity index (χ4n) is 1.64. The van der Waals surface area contributed by atoms with Gasteiger partial charge in [-0.3, -0.25) is 4.79 Å². The summed E-state index contributed by atoms with van der Waals surface area (Å²) in [5, 5.41) is 0. The van der Waals surface area contributed by atoms with Gasteiger partial charge in [0.1, 0.15) is 17.2 Å². The number of halogens is 1. The topological polar surface area (TPSA) is 72.0 Å². The summed E-state index contributed by atoms with van der Waals surface area (Å²) in [5.41, 5.74) is 0.137. The number of esters is 1. The van der Waals surface area contributed by atoms with E-state index in [2.05, 4.69) is 9.97 Å². The number of aromatic nitrogens is 2. The van der Waals surface area contributed by atoms with Crippen LogP contribution >= 0.6 is 0 Å². The molecule has 0 aliphatic rings. The number of aromatic amines is 1. The molecule has 0 aliphatic heterocycles. The lowest BCUT2D eigenvalue weighted by Gasteiger charge is -2.04. The zero-order valence-electron chi connectivity index (χ0n) is 11.1. The summed E-state index contributed by atoms with van der Waals surface area (Å²) < 4.78 is 18.2. The van der Waals surface area contributed by atoms with E-state index < -0.39 is 11.5 Å². The van der Waals surface area contributed by atoms with Crippen LogP contribution in [0.15, 0.2) is 29.2 Å². The Morgan fingerprint density at radius 2 is 2.20 bits per heavy atom. The maximum absolute atomic E-state index is 13.5. The average Bonchev–Trinajstić information content (AvgIpc) is 2.42. The van der Waals surface area contributed by atoms with Crippen LogP contribution in [0.25, 0.3) is 11.4 Å². The van der Waals surface area contributed by atoms with Crippen LogP contribution in [0.5, 0.6) is 0 Å². The van der Waals surface area contributed by atoms with Crippen molar-refractivity contribution in [1.29, 1.82) is 0 Å². The molecule has 0 saturated heterocycles. The molecule has 1 heterocycles. The summed E-state index contributed by atoms with van der Waals surface area (Å²) >= 11 is 0. The Hall–Kier alpha value is -2.50.